The van der Waals surface area contributed by atoms with Gasteiger partial charge in [0.05, 0.1) is 13.2 Å². The molecule has 2 fully saturated rings. The number of hydrogen-bond donors (Lipinski definition) is 0. The monoisotopic (exact) mass is 304 g/mol. The Morgan fingerprint density at radius 1 is 1.18 bits per heavy atom. The van der Waals surface area contributed by atoms with Crippen LogP contribution in [0, 0.1) is 5.92 Å². The zero-order valence-corrected chi connectivity index (χ0v) is 13.8. The number of hydrogen-bond acceptors (Lipinski definition) is 4. The first kappa shape index (κ1) is 15.8. The normalized spacial score (nSPS) is 25.3. The Balaban J connectivity index is 1.67. The molecule has 22 heavy (non-hydrogen) atoms. The van der Waals surface area contributed by atoms with Gasteiger partial charge in [0.25, 0.3) is 0 Å². The maximum atomic E-state index is 5.57. The maximum Gasteiger partial charge on any atom is 0.123 e. The highest BCUT2D eigenvalue weighted by atomic mass is 16.5. The molecule has 0 N–H and O–H groups in total. The summed E-state index contributed by atoms with van der Waals surface area (Å²) in [5, 5.41) is 0. The molecule has 0 amide bonds. The van der Waals surface area contributed by atoms with E-state index in [0.29, 0.717) is 6.04 Å². The van der Waals surface area contributed by atoms with E-state index in [0.717, 1.165) is 38.0 Å². The highest BCUT2D eigenvalue weighted by molar-refractivity contribution is 5.36. The molecule has 2 saturated heterocycles. The van der Waals surface area contributed by atoms with Gasteiger partial charge in [0.15, 0.2) is 0 Å². The van der Waals surface area contributed by atoms with Gasteiger partial charge < -0.3 is 9.47 Å². The van der Waals surface area contributed by atoms with Crippen LogP contribution in [0.15, 0.2) is 24.3 Å². The lowest BCUT2D eigenvalue weighted by atomic mass is 9.97. The summed E-state index contributed by atoms with van der Waals surface area (Å²) in [5.41, 5.74) is 1.31. The molecule has 2 aliphatic rings. The number of benzene rings is 1. The molecule has 0 saturated carbocycles. The van der Waals surface area contributed by atoms with E-state index in [4.69, 9.17) is 9.47 Å². The molecule has 0 aliphatic carbocycles. The molecule has 1 aromatic carbocycles. The quantitative estimate of drug-likeness (QED) is 0.853. The van der Waals surface area contributed by atoms with Crippen molar-refractivity contribution in [1.82, 2.24) is 9.80 Å². The van der Waals surface area contributed by atoms with Gasteiger partial charge in [-0.25, -0.2) is 0 Å². The summed E-state index contributed by atoms with van der Waals surface area (Å²) in [7, 11) is 3.99. The summed E-state index contributed by atoms with van der Waals surface area (Å²) in [6.07, 6.45) is 2.43. The molecular formula is C18H28N2O2. The van der Waals surface area contributed by atoms with Crippen LogP contribution in [0.2, 0.25) is 0 Å². The third-order valence-electron chi connectivity index (χ3n) is 5.09. The summed E-state index contributed by atoms with van der Waals surface area (Å²) < 4.78 is 11.1. The van der Waals surface area contributed by atoms with Crippen molar-refractivity contribution in [3.8, 4) is 5.75 Å². The Labute approximate surface area is 134 Å². The zero-order valence-electron chi connectivity index (χ0n) is 13.8. The van der Waals surface area contributed by atoms with Crippen LogP contribution in [0.4, 0.5) is 0 Å². The number of ether oxygens (including phenoxy) is 2. The minimum Gasteiger partial charge on any atom is -0.496 e. The lowest BCUT2D eigenvalue weighted by molar-refractivity contribution is 0.0330. The largest absolute Gasteiger partial charge is 0.496 e. The van der Waals surface area contributed by atoms with Gasteiger partial charge in [0.1, 0.15) is 5.75 Å². The molecule has 4 nitrogen and oxygen atoms in total. The SMILES string of the molecule is COc1ccccc1[C@@H]1CN(CC2CCOCC2)CCN1C. The van der Waals surface area contributed by atoms with Gasteiger partial charge in [0, 0.05) is 45.0 Å². The molecule has 0 bridgehead atoms. The van der Waals surface area contributed by atoms with E-state index in [1.54, 1.807) is 7.11 Å². The smallest absolute Gasteiger partial charge is 0.123 e. The number of para-hydroxylation sites is 1. The van der Waals surface area contributed by atoms with Crippen LogP contribution in [0.25, 0.3) is 0 Å². The standard InChI is InChI=1S/C18H28N2O2/c1-19-9-10-20(13-15-7-11-22-12-8-15)14-17(19)16-5-3-4-6-18(16)21-2/h3-6,15,17H,7-14H2,1-2H3/t17-/m0/s1. The molecule has 2 aliphatic heterocycles. The summed E-state index contributed by atoms with van der Waals surface area (Å²) in [5.74, 6) is 1.81. The molecule has 4 heteroatoms. The van der Waals surface area contributed by atoms with E-state index in [1.807, 2.05) is 6.07 Å². The average Bonchev–Trinajstić information content (AvgIpc) is 2.57. The Kier molecular flexibility index (Phi) is 5.34. The second-order valence-corrected chi connectivity index (χ2v) is 6.55. The fraction of sp³-hybridized carbons (Fsp3) is 0.667. The summed E-state index contributed by atoms with van der Waals surface area (Å²) in [6.45, 7) is 6.46. The number of nitrogens with zero attached hydrogens (tertiary/aromatic N) is 2. The van der Waals surface area contributed by atoms with Crippen molar-refractivity contribution >= 4 is 0 Å². The van der Waals surface area contributed by atoms with Crippen molar-refractivity contribution in [3.63, 3.8) is 0 Å². The minimum atomic E-state index is 0.421. The third-order valence-corrected chi connectivity index (χ3v) is 5.09. The maximum absolute atomic E-state index is 5.57. The van der Waals surface area contributed by atoms with Gasteiger partial charge in [0.2, 0.25) is 0 Å². The van der Waals surface area contributed by atoms with Crippen LogP contribution in [0.1, 0.15) is 24.4 Å². The second kappa shape index (κ2) is 7.44. The minimum absolute atomic E-state index is 0.421. The predicted octanol–water partition coefficient (Wildman–Crippen LogP) is 2.41. The second-order valence-electron chi connectivity index (χ2n) is 6.55. The van der Waals surface area contributed by atoms with Crippen LogP contribution in [-0.2, 0) is 4.74 Å². The first-order valence-electron chi connectivity index (χ1n) is 8.41. The van der Waals surface area contributed by atoms with Gasteiger partial charge in [-0.1, -0.05) is 18.2 Å². The van der Waals surface area contributed by atoms with E-state index in [2.05, 4.69) is 35.0 Å². The molecule has 0 spiro atoms. The fourth-order valence-corrected chi connectivity index (χ4v) is 3.67. The molecule has 1 atom stereocenters. The molecule has 0 radical (unpaired) electrons. The van der Waals surface area contributed by atoms with E-state index < -0.39 is 0 Å². The van der Waals surface area contributed by atoms with Gasteiger partial charge in [-0.05, 0) is 31.9 Å². The Hall–Kier alpha value is -1.10. The number of methoxy groups -OCH3 is 1. The first-order chi connectivity index (χ1) is 10.8. The van der Waals surface area contributed by atoms with Crippen molar-refractivity contribution < 1.29 is 9.47 Å². The summed E-state index contributed by atoms with van der Waals surface area (Å²) in [4.78, 5) is 5.09. The van der Waals surface area contributed by atoms with Gasteiger partial charge in [-0.3, -0.25) is 9.80 Å². The van der Waals surface area contributed by atoms with Crippen LogP contribution in [0.3, 0.4) is 0 Å². The molecule has 1 aromatic rings. The molecule has 2 heterocycles. The van der Waals surface area contributed by atoms with Crippen molar-refractivity contribution in [3.05, 3.63) is 29.8 Å². The van der Waals surface area contributed by atoms with E-state index in [9.17, 15) is 0 Å². The van der Waals surface area contributed by atoms with Crippen molar-refractivity contribution in [1.29, 1.82) is 0 Å². The van der Waals surface area contributed by atoms with Crippen LogP contribution < -0.4 is 4.74 Å². The highest BCUT2D eigenvalue weighted by Gasteiger charge is 2.29. The number of rotatable bonds is 4. The fourth-order valence-electron chi connectivity index (χ4n) is 3.67. The zero-order chi connectivity index (χ0) is 15.4. The number of piperazine rings is 1. The van der Waals surface area contributed by atoms with Gasteiger partial charge >= 0.3 is 0 Å². The lowest BCUT2D eigenvalue weighted by Crippen LogP contribution is -2.48. The highest BCUT2D eigenvalue weighted by Crippen LogP contribution is 2.31. The predicted molar refractivity (Wildman–Crippen MR) is 88.3 cm³/mol. The Morgan fingerprint density at radius 3 is 2.73 bits per heavy atom. The molecule has 0 aromatic heterocycles. The molecule has 0 unspecified atom stereocenters. The van der Waals surface area contributed by atoms with Crippen molar-refractivity contribution in [2.75, 3.05) is 53.6 Å². The number of likely N-dealkylation sites (N-methyl/N-ethyl adjacent to an activating group) is 1. The molecular weight excluding hydrogens is 276 g/mol. The van der Waals surface area contributed by atoms with Crippen LogP contribution in [0.5, 0.6) is 5.75 Å². The molecule has 122 valence electrons. The summed E-state index contributed by atoms with van der Waals surface area (Å²) in [6, 6.07) is 8.86. The van der Waals surface area contributed by atoms with E-state index >= 15 is 0 Å². The Bertz CT molecular complexity index is 474. The van der Waals surface area contributed by atoms with Crippen molar-refractivity contribution in [2.24, 2.45) is 5.92 Å². The van der Waals surface area contributed by atoms with Gasteiger partial charge in [-0.15, -0.1) is 0 Å². The van der Waals surface area contributed by atoms with Crippen molar-refractivity contribution in [2.45, 2.75) is 18.9 Å². The third kappa shape index (κ3) is 3.62. The van der Waals surface area contributed by atoms with Crippen LogP contribution in [-0.4, -0.2) is 63.4 Å². The van der Waals surface area contributed by atoms with E-state index in [1.165, 1.54) is 31.5 Å². The van der Waals surface area contributed by atoms with E-state index in [-0.39, 0.29) is 0 Å². The first-order valence-corrected chi connectivity index (χ1v) is 8.41. The molecule has 3 rings (SSSR count). The van der Waals surface area contributed by atoms with Gasteiger partial charge in [-0.2, -0.15) is 0 Å². The topological polar surface area (TPSA) is 24.9 Å². The lowest BCUT2D eigenvalue weighted by Gasteiger charge is -2.41. The average molecular weight is 304 g/mol. The van der Waals surface area contributed by atoms with Crippen LogP contribution >= 0.6 is 0 Å². The Morgan fingerprint density at radius 2 is 1.95 bits per heavy atom. The summed E-state index contributed by atoms with van der Waals surface area (Å²) >= 11 is 0.